The van der Waals surface area contributed by atoms with Gasteiger partial charge < -0.3 is 10.4 Å². The standard InChI is InChI=1S/C18H39N.H2O/c1-4-7-10-13-16-19(17-14-11-8-5-2)18-15-12-9-6-3;/h4-18H2,1-3H3;1H2. The molecule has 0 aromatic rings. The highest BCUT2D eigenvalue weighted by molar-refractivity contribution is 4.59. The van der Waals surface area contributed by atoms with Crippen molar-refractivity contribution in [3.05, 3.63) is 0 Å². The van der Waals surface area contributed by atoms with E-state index in [9.17, 15) is 0 Å². The average molecular weight is 288 g/mol. The van der Waals surface area contributed by atoms with E-state index in [1.807, 2.05) is 0 Å². The van der Waals surface area contributed by atoms with Crippen LogP contribution in [0.5, 0.6) is 0 Å². The largest absolute Gasteiger partial charge is 0.412 e. The van der Waals surface area contributed by atoms with E-state index in [0.717, 1.165) is 0 Å². The molecule has 0 saturated carbocycles. The molecule has 0 aliphatic heterocycles. The average Bonchev–Trinajstić information content (AvgIpc) is 2.43. The van der Waals surface area contributed by atoms with E-state index in [0.29, 0.717) is 0 Å². The van der Waals surface area contributed by atoms with E-state index in [-0.39, 0.29) is 5.48 Å². The van der Waals surface area contributed by atoms with Gasteiger partial charge in [0.15, 0.2) is 0 Å². The molecule has 0 aromatic carbocycles. The van der Waals surface area contributed by atoms with Crippen LogP contribution in [0.3, 0.4) is 0 Å². The van der Waals surface area contributed by atoms with Crippen LogP contribution in [0, 0.1) is 0 Å². The van der Waals surface area contributed by atoms with Gasteiger partial charge in [-0.25, -0.2) is 0 Å². The Labute approximate surface area is 128 Å². The number of hydrogen-bond donors (Lipinski definition) is 0. The van der Waals surface area contributed by atoms with Gasteiger partial charge in [0, 0.05) is 0 Å². The van der Waals surface area contributed by atoms with Crippen LogP contribution in [0.15, 0.2) is 0 Å². The van der Waals surface area contributed by atoms with E-state index in [1.165, 1.54) is 96.7 Å². The highest BCUT2D eigenvalue weighted by Crippen LogP contribution is 2.08. The van der Waals surface area contributed by atoms with Gasteiger partial charge in [-0.05, 0) is 38.9 Å². The summed E-state index contributed by atoms with van der Waals surface area (Å²) in [7, 11) is 0. The maximum Gasteiger partial charge on any atom is -0.00187 e. The molecule has 0 rings (SSSR count). The van der Waals surface area contributed by atoms with Crippen LogP contribution < -0.4 is 0 Å². The molecule has 2 heteroatoms. The molecule has 0 bridgehead atoms. The molecule has 0 unspecified atom stereocenters. The Morgan fingerprint density at radius 2 is 0.750 bits per heavy atom. The van der Waals surface area contributed by atoms with Crippen molar-refractivity contribution in [2.45, 2.75) is 97.8 Å². The zero-order valence-electron chi connectivity index (χ0n) is 14.6. The molecule has 0 saturated heterocycles. The fourth-order valence-electron chi connectivity index (χ4n) is 2.62. The summed E-state index contributed by atoms with van der Waals surface area (Å²) >= 11 is 0. The van der Waals surface area contributed by atoms with Crippen LogP contribution in [-0.4, -0.2) is 30.0 Å². The van der Waals surface area contributed by atoms with Gasteiger partial charge in [0.05, 0.1) is 0 Å². The molecule has 2 N–H and O–H groups in total. The maximum absolute atomic E-state index is 2.74. The molecule has 0 spiro atoms. The molecule has 0 atom stereocenters. The number of rotatable bonds is 15. The Bertz CT molecular complexity index is 133. The normalized spacial score (nSPS) is 10.8. The van der Waals surface area contributed by atoms with Gasteiger partial charge in [-0.15, -0.1) is 0 Å². The predicted molar refractivity (Wildman–Crippen MR) is 92.5 cm³/mol. The Morgan fingerprint density at radius 3 is 1.00 bits per heavy atom. The van der Waals surface area contributed by atoms with Crippen LogP contribution in [0.25, 0.3) is 0 Å². The zero-order chi connectivity index (χ0) is 14.2. The molecule has 0 aliphatic carbocycles. The zero-order valence-corrected chi connectivity index (χ0v) is 14.6. The Hall–Kier alpha value is -0.0800. The second-order valence-electron chi connectivity index (χ2n) is 6.02. The van der Waals surface area contributed by atoms with Crippen LogP contribution in [-0.2, 0) is 0 Å². The summed E-state index contributed by atoms with van der Waals surface area (Å²) in [5.74, 6) is 0. The summed E-state index contributed by atoms with van der Waals surface area (Å²) in [5, 5.41) is 0. The Kier molecular flexibility index (Phi) is 21.0. The van der Waals surface area contributed by atoms with Crippen molar-refractivity contribution >= 4 is 0 Å². The minimum atomic E-state index is 0. The molecule has 0 heterocycles. The summed E-state index contributed by atoms with van der Waals surface area (Å²) in [4.78, 5) is 2.74. The monoisotopic (exact) mass is 287 g/mol. The van der Waals surface area contributed by atoms with E-state index >= 15 is 0 Å². The molecule has 20 heavy (non-hydrogen) atoms. The highest BCUT2D eigenvalue weighted by atomic mass is 16.0. The topological polar surface area (TPSA) is 34.7 Å². The fourth-order valence-corrected chi connectivity index (χ4v) is 2.62. The summed E-state index contributed by atoms with van der Waals surface area (Å²) in [5.41, 5.74) is 0. The summed E-state index contributed by atoms with van der Waals surface area (Å²) in [6.07, 6.45) is 16.8. The maximum atomic E-state index is 2.74. The van der Waals surface area contributed by atoms with Crippen molar-refractivity contribution in [2.24, 2.45) is 0 Å². The molecule has 0 fully saturated rings. The van der Waals surface area contributed by atoms with Gasteiger partial charge in [0.2, 0.25) is 0 Å². The van der Waals surface area contributed by atoms with E-state index in [2.05, 4.69) is 25.7 Å². The molecule has 124 valence electrons. The molecule has 0 aromatic heterocycles. The smallest absolute Gasteiger partial charge is 0.00187 e. The van der Waals surface area contributed by atoms with E-state index in [4.69, 9.17) is 0 Å². The number of unbranched alkanes of at least 4 members (excludes halogenated alkanes) is 9. The molecular formula is C18H41NO. The van der Waals surface area contributed by atoms with Crippen molar-refractivity contribution in [1.29, 1.82) is 0 Å². The third-order valence-corrected chi connectivity index (χ3v) is 3.98. The van der Waals surface area contributed by atoms with Gasteiger partial charge in [0.25, 0.3) is 0 Å². The van der Waals surface area contributed by atoms with Crippen molar-refractivity contribution in [3.63, 3.8) is 0 Å². The first-order valence-corrected chi connectivity index (χ1v) is 9.07. The Morgan fingerprint density at radius 1 is 0.450 bits per heavy atom. The lowest BCUT2D eigenvalue weighted by atomic mass is 10.1. The van der Waals surface area contributed by atoms with Crippen molar-refractivity contribution in [2.75, 3.05) is 19.6 Å². The van der Waals surface area contributed by atoms with Gasteiger partial charge in [-0.1, -0.05) is 78.6 Å². The third-order valence-electron chi connectivity index (χ3n) is 3.98. The quantitative estimate of drug-likeness (QED) is 0.381. The Balaban J connectivity index is 0. The minimum absolute atomic E-state index is 0. The first kappa shape index (κ1) is 22.2. The first-order chi connectivity index (χ1) is 9.35. The van der Waals surface area contributed by atoms with Gasteiger partial charge >= 0.3 is 0 Å². The highest BCUT2D eigenvalue weighted by Gasteiger charge is 2.04. The molecule has 0 amide bonds. The lowest BCUT2D eigenvalue weighted by molar-refractivity contribution is 0.255. The van der Waals surface area contributed by atoms with Crippen LogP contribution in [0.4, 0.5) is 0 Å². The number of hydrogen-bond acceptors (Lipinski definition) is 1. The van der Waals surface area contributed by atoms with Crippen molar-refractivity contribution in [1.82, 2.24) is 4.90 Å². The molecular weight excluding hydrogens is 246 g/mol. The fraction of sp³-hybridized carbons (Fsp3) is 1.00. The molecule has 0 radical (unpaired) electrons. The summed E-state index contributed by atoms with van der Waals surface area (Å²) in [6.45, 7) is 10.9. The van der Waals surface area contributed by atoms with Crippen LogP contribution >= 0.6 is 0 Å². The van der Waals surface area contributed by atoms with Crippen LogP contribution in [0.2, 0.25) is 0 Å². The van der Waals surface area contributed by atoms with E-state index < -0.39 is 0 Å². The van der Waals surface area contributed by atoms with Crippen molar-refractivity contribution < 1.29 is 5.48 Å². The number of nitrogens with zero attached hydrogens (tertiary/aromatic N) is 1. The summed E-state index contributed by atoms with van der Waals surface area (Å²) in [6, 6.07) is 0. The van der Waals surface area contributed by atoms with Gasteiger partial charge in [0.1, 0.15) is 0 Å². The van der Waals surface area contributed by atoms with Gasteiger partial charge in [-0.3, -0.25) is 0 Å². The van der Waals surface area contributed by atoms with E-state index in [1.54, 1.807) is 0 Å². The SMILES string of the molecule is CCCCCCN(CCCCCC)CCCCCC.O. The second-order valence-corrected chi connectivity index (χ2v) is 6.02. The first-order valence-electron chi connectivity index (χ1n) is 9.07. The predicted octanol–water partition coefficient (Wildman–Crippen LogP) is 5.20. The third kappa shape index (κ3) is 16.0. The van der Waals surface area contributed by atoms with Crippen LogP contribution in [0.1, 0.15) is 97.8 Å². The van der Waals surface area contributed by atoms with Gasteiger partial charge in [-0.2, -0.15) is 0 Å². The molecule has 0 aliphatic rings. The lowest BCUT2D eigenvalue weighted by Crippen LogP contribution is -2.27. The summed E-state index contributed by atoms with van der Waals surface area (Å²) < 4.78 is 0. The minimum Gasteiger partial charge on any atom is -0.412 e. The second kappa shape index (κ2) is 18.9. The lowest BCUT2D eigenvalue weighted by Gasteiger charge is -2.22. The van der Waals surface area contributed by atoms with Crippen molar-refractivity contribution in [3.8, 4) is 0 Å². The molecule has 2 nitrogen and oxygen atoms in total.